The van der Waals surface area contributed by atoms with E-state index in [1.54, 1.807) is 18.2 Å². The summed E-state index contributed by atoms with van der Waals surface area (Å²) in [5.74, 6) is 1.62. The molecule has 1 amide bonds. The molecule has 4 rings (SSSR count). The highest BCUT2D eigenvalue weighted by Gasteiger charge is 2.15. The number of hydrogen-bond acceptors (Lipinski definition) is 5. The Morgan fingerprint density at radius 1 is 1.04 bits per heavy atom. The fraction of sp³-hybridized carbons (Fsp3) is 0.286. The average Bonchev–Trinajstić information content (AvgIpc) is 2.99. The molecular formula is C21H21N3O4. The Kier molecular flexibility index (Phi) is 5.23. The van der Waals surface area contributed by atoms with E-state index in [4.69, 9.17) is 9.47 Å². The highest BCUT2D eigenvalue weighted by molar-refractivity contribution is 5.98. The average molecular weight is 379 g/mol. The van der Waals surface area contributed by atoms with Crippen molar-refractivity contribution in [1.82, 2.24) is 15.3 Å². The summed E-state index contributed by atoms with van der Waals surface area (Å²) in [5.41, 5.74) is 2.31. The molecule has 28 heavy (non-hydrogen) atoms. The van der Waals surface area contributed by atoms with Gasteiger partial charge < -0.3 is 19.8 Å². The van der Waals surface area contributed by atoms with E-state index in [-0.39, 0.29) is 24.5 Å². The number of Topliss-reactive ketones (excluding diaryl/α,β-unsaturated/α-hetero) is 1. The molecule has 0 radical (unpaired) electrons. The molecule has 0 fully saturated rings. The predicted molar refractivity (Wildman–Crippen MR) is 104 cm³/mol. The van der Waals surface area contributed by atoms with Gasteiger partial charge in [-0.15, -0.1) is 0 Å². The van der Waals surface area contributed by atoms with E-state index in [0.717, 1.165) is 17.5 Å². The lowest BCUT2D eigenvalue weighted by atomic mass is 10.1. The maximum atomic E-state index is 12.4. The monoisotopic (exact) mass is 379 g/mol. The Hall–Kier alpha value is -3.35. The Balaban J connectivity index is 1.29. The smallest absolute Gasteiger partial charge is 0.220 e. The normalized spacial score (nSPS) is 13.1. The van der Waals surface area contributed by atoms with Crippen LogP contribution < -0.4 is 14.8 Å². The molecule has 2 N–H and O–H groups in total. The van der Waals surface area contributed by atoms with Gasteiger partial charge >= 0.3 is 0 Å². The zero-order valence-corrected chi connectivity index (χ0v) is 15.4. The topological polar surface area (TPSA) is 93.3 Å². The molecule has 7 nitrogen and oxygen atoms in total. The highest BCUT2D eigenvalue weighted by atomic mass is 16.5. The van der Waals surface area contributed by atoms with E-state index >= 15 is 0 Å². The fourth-order valence-corrected chi connectivity index (χ4v) is 3.07. The number of nitrogens with one attached hydrogen (secondary N) is 2. The zero-order valence-electron chi connectivity index (χ0n) is 15.4. The lowest BCUT2D eigenvalue weighted by Crippen LogP contribution is -2.23. The zero-order chi connectivity index (χ0) is 19.3. The molecule has 3 aromatic rings. The van der Waals surface area contributed by atoms with Crippen LogP contribution in [0, 0.1) is 0 Å². The van der Waals surface area contributed by atoms with Crippen LogP contribution in [0.4, 0.5) is 0 Å². The molecule has 0 unspecified atom stereocenters. The van der Waals surface area contributed by atoms with Crippen molar-refractivity contribution < 1.29 is 19.1 Å². The van der Waals surface area contributed by atoms with Crippen LogP contribution in [0.15, 0.2) is 42.5 Å². The summed E-state index contributed by atoms with van der Waals surface area (Å²) in [4.78, 5) is 32.1. The van der Waals surface area contributed by atoms with E-state index in [1.807, 2.05) is 24.3 Å². The molecule has 0 bridgehead atoms. The Morgan fingerprint density at radius 3 is 2.71 bits per heavy atom. The molecule has 0 saturated carbocycles. The van der Waals surface area contributed by atoms with Gasteiger partial charge in [0.05, 0.1) is 30.8 Å². The number of H-pyrrole nitrogens is 1. The van der Waals surface area contributed by atoms with Crippen LogP contribution in [-0.2, 0) is 11.3 Å². The highest BCUT2D eigenvalue weighted by Crippen LogP contribution is 2.30. The van der Waals surface area contributed by atoms with Crippen molar-refractivity contribution in [2.45, 2.75) is 25.8 Å². The minimum Gasteiger partial charge on any atom is -0.490 e. The number of hydrogen-bond donors (Lipinski definition) is 2. The second-order valence-electron chi connectivity index (χ2n) is 6.61. The molecule has 2 aromatic carbocycles. The van der Waals surface area contributed by atoms with E-state index in [9.17, 15) is 9.59 Å². The number of nitrogens with zero attached hydrogens (tertiary/aromatic N) is 1. The molecule has 1 aliphatic heterocycles. The van der Waals surface area contributed by atoms with E-state index < -0.39 is 0 Å². The number of benzene rings is 2. The third-order valence-electron chi connectivity index (χ3n) is 4.54. The first-order valence-corrected chi connectivity index (χ1v) is 9.32. The predicted octanol–water partition coefficient (Wildman–Crippen LogP) is 3.00. The molecule has 2 heterocycles. The summed E-state index contributed by atoms with van der Waals surface area (Å²) in [5, 5.41) is 2.80. The van der Waals surface area contributed by atoms with E-state index in [1.165, 1.54) is 0 Å². The summed E-state index contributed by atoms with van der Waals surface area (Å²) in [6.45, 7) is 1.46. The van der Waals surface area contributed by atoms with Crippen LogP contribution in [0.5, 0.6) is 11.5 Å². The van der Waals surface area contributed by atoms with Crippen LogP contribution in [0.25, 0.3) is 11.0 Å². The Labute approximate surface area is 162 Å². The van der Waals surface area contributed by atoms with Gasteiger partial charge in [0.2, 0.25) is 5.91 Å². The maximum absolute atomic E-state index is 12.4. The van der Waals surface area contributed by atoms with Gasteiger partial charge in [-0.2, -0.15) is 0 Å². The van der Waals surface area contributed by atoms with Gasteiger partial charge in [-0.05, 0) is 30.3 Å². The number of aromatic nitrogens is 2. The second-order valence-corrected chi connectivity index (χ2v) is 6.61. The number of ether oxygens (including phenoxy) is 2. The number of ketones is 1. The van der Waals surface area contributed by atoms with Crippen molar-refractivity contribution in [1.29, 1.82) is 0 Å². The van der Waals surface area contributed by atoms with Crippen LogP contribution in [0.2, 0.25) is 0 Å². The fourth-order valence-electron chi connectivity index (χ4n) is 3.07. The molecule has 1 aliphatic rings. The van der Waals surface area contributed by atoms with Crippen molar-refractivity contribution in [3.63, 3.8) is 0 Å². The van der Waals surface area contributed by atoms with Crippen LogP contribution in [0.1, 0.15) is 35.4 Å². The van der Waals surface area contributed by atoms with Gasteiger partial charge in [0.15, 0.2) is 17.3 Å². The third-order valence-corrected chi connectivity index (χ3v) is 4.54. The first kappa shape index (κ1) is 18.0. The number of aromatic amines is 1. The number of carbonyl (C=O) groups excluding carboxylic acids is 2. The van der Waals surface area contributed by atoms with Crippen LogP contribution in [0.3, 0.4) is 0 Å². The summed E-state index contributed by atoms with van der Waals surface area (Å²) in [7, 11) is 0. The van der Waals surface area contributed by atoms with Crippen LogP contribution in [-0.4, -0.2) is 34.9 Å². The van der Waals surface area contributed by atoms with E-state index in [0.29, 0.717) is 42.6 Å². The minimum absolute atomic E-state index is 0.102. The molecule has 0 spiro atoms. The molecule has 1 aromatic heterocycles. The number of carbonyl (C=O) groups is 2. The Bertz CT molecular complexity index is 979. The van der Waals surface area contributed by atoms with Gasteiger partial charge in [-0.25, -0.2) is 4.98 Å². The SMILES string of the molecule is O=C(CCC(=O)c1ccc2c(c1)OCCCO2)NCc1nc2ccccc2[nH]1. The quantitative estimate of drug-likeness (QED) is 0.642. The van der Waals surface area contributed by atoms with Crippen molar-refractivity contribution >= 4 is 22.7 Å². The molecule has 7 heteroatoms. The summed E-state index contributed by atoms with van der Waals surface area (Å²) in [6.07, 6.45) is 1.06. The Morgan fingerprint density at radius 2 is 1.86 bits per heavy atom. The maximum Gasteiger partial charge on any atom is 0.220 e. The largest absolute Gasteiger partial charge is 0.490 e. The molecular weight excluding hydrogens is 358 g/mol. The lowest BCUT2D eigenvalue weighted by Gasteiger charge is -2.09. The van der Waals surface area contributed by atoms with Gasteiger partial charge in [0.25, 0.3) is 0 Å². The number of fused-ring (bicyclic) bond motifs is 2. The first-order valence-electron chi connectivity index (χ1n) is 9.32. The standard InChI is InChI=1S/C21H21N3O4/c25-17(14-6-8-18-19(12-14)28-11-3-10-27-18)7-9-21(26)22-13-20-23-15-4-1-2-5-16(15)24-20/h1-2,4-6,8,12H,3,7,9-11,13H2,(H,22,26)(H,23,24). The summed E-state index contributed by atoms with van der Waals surface area (Å²) >= 11 is 0. The van der Waals surface area contributed by atoms with Crippen molar-refractivity contribution in [2.24, 2.45) is 0 Å². The number of para-hydroxylation sites is 2. The lowest BCUT2D eigenvalue weighted by molar-refractivity contribution is -0.121. The molecule has 0 aliphatic carbocycles. The van der Waals surface area contributed by atoms with Gasteiger partial charge in [0.1, 0.15) is 5.82 Å². The molecule has 0 atom stereocenters. The number of amides is 1. The number of rotatable bonds is 6. The minimum atomic E-state index is -0.192. The second kappa shape index (κ2) is 8.12. The van der Waals surface area contributed by atoms with Crippen molar-refractivity contribution in [3.05, 3.63) is 53.9 Å². The number of imidazole rings is 1. The van der Waals surface area contributed by atoms with Gasteiger partial charge in [-0.1, -0.05) is 12.1 Å². The van der Waals surface area contributed by atoms with Gasteiger partial charge in [0, 0.05) is 24.8 Å². The van der Waals surface area contributed by atoms with Crippen molar-refractivity contribution in [3.8, 4) is 11.5 Å². The van der Waals surface area contributed by atoms with Crippen LogP contribution >= 0.6 is 0 Å². The third kappa shape index (κ3) is 4.14. The summed E-state index contributed by atoms with van der Waals surface area (Å²) < 4.78 is 11.2. The first-order chi connectivity index (χ1) is 13.7. The molecule has 0 saturated heterocycles. The van der Waals surface area contributed by atoms with Crippen molar-refractivity contribution in [2.75, 3.05) is 13.2 Å². The molecule has 144 valence electrons. The van der Waals surface area contributed by atoms with Gasteiger partial charge in [-0.3, -0.25) is 9.59 Å². The summed E-state index contributed by atoms with van der Waals surface area (Å²) in [6, 6.07) is 12.8. The van der Waals surface area contributed by atoms with E-state index in [2.05, 4.69) is 15.3 Å².